The van der Waals surface area contributed by atoms with E-state index in [9.17, 15) is 9.59 Å². The highest BCUT2D eigenvalue weighted by Gasteiger charge is 2.20. The van der Waals surface area contributed by atoms with E-state index in [2.05, 4.69) is 15.6 Å². The van der Waals surface area contributed by atoms with Crippen LogP contribution in [-0.4, -0.2) is 24.6 Å². The molecule has 100 valence electrons. The maximum Gasteiger partial charge on any atom is 0.413 e. The maximum absolute atomic E-state index is 11.5. The summed E-state index contributed by atoms with van der Waals surface area (Å²) in [5.41, 5.74) is 5.89. The quantitative estimate of drug-likeness (QED) is 0.677. The molecule has 0 heterocycles. The summed E-state index contributed by atoms with van der Waals surface area (Å²) in [6.45, 7) is 1.76. The van der Waals surface area contributed by atoms with Crippen molar-refractivity contribution < 1.29 is 14.3 Å². The Morgan fingerprint density at radius 2 is 2.05 bits per heavy atom. The Kier molecular flexibility index (Phi) is 5.85. The number of hydrogen-bond acceptors (Lipinski definition) is 6. The molecule has 1 unspecified atom stereocenters. The van der Waals surface area contributed by atoms with Crippen LogP contribution in [0.25, 0.3) is 0 Å². The van der Waals surface area contributed by atoms with Gasteiger partial charge in [0.2, 0.25) is 0 Å². The number of rotatable bonds is 5. The van der Waals surface area contributed by atoms with E-state index >= 15 is 0 Å². The summed E-state index contributed by atoms with van der Waals surface area (Å²) in [5, 5.41) is 10.8. The van der Waals surface area contributed by atoms with Crippen molar-refractivity contribution in [1.82, 2.24) is 10.7 Å². The molecule has 2 amide bonds. The van der Waals surface area contributed by atoms with E-state index in [1.807, 2.05) is 11.4 Å². The summed E-state index contributed by atoms with van der Waals surface area (Å²) >= 11 is 0. The number of hydrazine groups is 1. The predicted molar refractivity (Wildman–Crippen MR) is 67.8 cm³/mol. The summed E-state index contributed by atoms with van der Waals surface area (Å²) in [5.74, 6) is -0.788. The second-order valence-electron chi connectivity index (χ2n) is 3.41. The van der Waals surface area contributed by atoms with Gasteiger partial charge in [-0.1, -0.05) is 18.2 Å². The van der Waals surface area contributed by atoms with Gasteiger partial charge in [-0.2, -0.15) is 5.26 Å². The molecule has 0 spiro atoms. The van der Waals surface area contributed by atoms with Gasteiger partial charge in [-0.3, -0.25) is 10.1 Å². The summed E-state index contributed by atoms with van der Waals surface area (Å²) in [7, 11) is 0. The SMILES string of the molecule is CCOC(=O)NC(=O)C(C#N)NNc1ccccc1. The maximum atomic E-state index is 11.5. The van der Waals surface area contributed by atoms with Crippen LogP contribution in [0.5, 0.6) is 0 Å². The number of carbonyl (C=O) groups is 2. The Labute approximate surface area is 110 Å². The standard InChI is InChI=1S/C12H14N4O3/c1-2-19-12(18)14-11(17)10(8-13)16-15-9-6-4-3-5-7-9/h3-7,10,15-16H,2H2,1H3,(H,14,17,18). The van der Waals surface area contributed by atoms with E-state index in [0.29, 0.717) is 5.69 Å². The van der Waals surface area contributed by atoms with E-state index in [4.69, 9.17) is 5.26 Å². The third kappa shape index (κ3) is 5.06. The van der Waals surface area contributed by atoms with Crippen molar-refractivity contribution in [3.05, 3.63) is 30.3 Å². The number of ether oxygens (including phenoxy) is 1. The van der Waals surface area contributed by atoms with Gasteiger partial charge in [-0.05, 0) is 19.1 Å². The van der Waals surface area contributed by atoms with Gasteiger partial charge in [0.15, 0.2) is 6.04 Å². The van der Waals surface area contributed by atoms with Crippen LogP contribution in [0.1, 0.15) is 6.92 Å². The van der Waals surface area contributed by atoms with E-state index in [0.717, 1.165) is 0 Å². The molecule has 0 aromatic heterocycles. The van der Waals surface area contributed by atoms with Crippen LogP contribution >= 0.6 is 0 Å². The van der Waals surface area contributed by atoms with E-state index in [1.54, 1.807) is 37.3 Å². The molecule has 1 atom stereocenters. The summed E-state index contributed by atoms with van der Waals surface area (Å²) in [6, 6.07) is 9.44. The smallest absolute Gasteiger partial charge is 0.413 e. The number of hydrogen-bond donors (Lipinski definition) is 3. The third-order valence-electron chi connectivity index (χ3n) is 2.03. The lowest BCUT2D eigenvalue weighted by molar-refractivity contribution is -0.121. The minimum atomic E-state index is -1.22. The summed E-state index contributed by atoms with van der Waals surface area (Å²) in [4.78, 5) is 22.6. The molecule has 0 aliphatic heterocycles. The molecule has 0 bridgehead atoms. The van der Waals surface area contributed by atoms with E-state index in [-0.39, 0.29) is 6.61 Å². The van der Waals surface area contributed by atoms with Crippen LogP contribution in [-0.2, 0) is 9.53 Å². The fourth-order valence-electron chi connectivity index (χ4n) is 1.17. The van der Waals surface area contributed by atoms with Crippen LogP contribution < -0.4 is 16.2 Å². The number of carbonyl (C=O) groups excluding carboxylic acids is 2. The highest BCUT2D eigenvalue weighted by molar-refractivity contribution is 5.96. The van der Waals surface area contributed by atoms with Crippen LogP contribution in [0, 0.1) is 11.3 Å². The number of nitriles is 1. The Hall–Kier alpha value is -2.59. The van der Waals surface area contributed by atoms with Crippen molar-refractivity contribution in [3.8, 4) is 6.07 Å². The van der Waals surface area contributed by atoms with Crippen LogP contribution in [0.3, 0.4) is 0 Å². The molecule has 1 aromatic carbocycles. The zero-order valence-corrected chi connectivity index (χ0v) is 10.3. The van der Waals surface area contributed by atoms with Crippen molar-refractivity contribution in [2.24, 2.45) is 0 Å². The number of amides is 2. The molecule has 19 heavy (non-hydrogen) atoms. The Bertz CT molecular complexity index is 470. The molecular weight excluding hydrogens is 248 g/mol. The van der Waals surface area contributed by atoms with Gasteiger partial charge in [0.05, 0.1) is 12.7 Å². The van der Waals surface area contributed by atoms with Gasteiger partial charge in [0.1, 0.15) is 0 Å². The fraction of sp³-hybridized carbons (Fsp3) is 0.250. The summed E-state index contributed by atoms with van der Waals surface area (Å²) < 4.78 is 4.54. The van der Waals surface area contributed by atoms with Crippen LogP contribution in [0.4, 0.5) is 10.5 Å². The zero-order valence-electron chi connectivity index (χ0n) is 10.3. The topological polar surface area (TPSA) is 103 Å². The van der Waals surface area contributed by atoms with Crippen molar-refractivity contribution >= 4 is 17.7 Å². The highest BCUT2D eigenvalue weighted by atomic mass is 16.5. The normalized spacial score (nSPS) is 10.9. The van der Waals surface area contributed by atoms with Gasteiger partial charge in [0, 0.05) is 5.69 Å². The van der Waals surface area contributed by atoms with E-state index in [1.165, 1.54) is 0 Å². The van der Waals surface area contributed by atoms with Gasteiger partial charge in [-0.15, -0.1) is 0 Å². The lowest BCUT2D eigenvalue weighted by Crippen LogP contribution is -2.47. The number of benzene rings is 1. The number of anilines is 1. The average molecular weight is 262 g/mol. The van der Waals surface area contributed by atoms with Gasteiger partial charge in [0.25, 0.3) is 5.91 Å². The second kappa shape index (κ2) is 7.68. The molecule has 1 rings (SSSR count). The highest BCUT2D eigenvalue weighted by Crippen LogP contribution is 2.02. The molecule has 1 aromatic rings. The first kappa shape index (κ1) is 14.5. The average Bonchev–Trinajstić information content (AvgIpc) is 2.40. The van der Waals surface area contributed by atoms with Crippen LogP contribution in [0.15, 0.2) is 30.3 Å². The number of nitrogens with one attached hydrogen (secondary N) is 3. The Balaban J connectivity index is 2.47. The number of alkyl carbamates (subject to hydrolysis) is 1. The molecule has 0 radical (unpaired) electrons. The first-order valence-corrected chi connectivity index (χ1v) is 5.61. The first-order chi connectivity index (χ1) is 9.17. The van der Waals surface area contributed by atoms with Crippen molar-refractivity contribution in [2.45, 2.75) is 13.0 Å². The Morgan fingerprint density at radius 1 is 1.37 bits per heavy atom. The molecule has 0 saturated heterocycles. The minimum absolute atomic E-state index is 0.145. The molecule has 0 fully saturated rings. The Morgan fingerprint density at radius 3 is 2.63 bits per heavy atom. The third-order valence-corrected chi connectivity index (χ3v) is 2.03. The molecule has 0 aliphatic rings. The lowest BCUT2D eigenvalue weighted by Gasteiger charge is -2.13. The largest absolute Gasteiger partial charge is 0.450 e. The second-order valence-corrected chi connectivity index (χ2v) is 3.41. The number of para-hydroxylation sites is 1. The van der Waals surface area contributed by atoms with Crippen molar-refractivity contribution in [1.29, 1.82) is 5.26 Å². The zero-order chi connectivity index (χ0) is 14.1. The van der Waals surface area contributed by atoms with Crippen molar-refractivity contribution in [2.75, 3.05) is 12.0 Å². The molecule has 0 aliphatic carbocycles. The predicted octanol–water partition coefficient (Wildman–Crippen LogP) is 0.768. The first-order valence-electron chi connectivity index (χ1n) is 5.61. The van der Waals surface area contributed by atoms with Crippen LogP contribution in [0.2, 0.25) is 0 Å². The van der Waals surface area contributed by atoms with E-state index < -0.39 is 18.0 Å². The molecule has 0 saturated carbocycles. The van der Waals surface area contributed by atoms with Crippen molar-refractivity contribution in [3.63, 3.8) is 0 Å². The molecule has 7 heteroatoms. The molecular formula is C12H14N4O3. The number of nitrogens with zero attached hydrogens (tertiary/aromatic N) is 1. The van der Waals surface area contributed by atoms with Gasteiger partial charge >= 0.3 is 6.09 Å². The number of imide groups is 1. The monoisotopic (exact) mass is 262 g/mol. The minimum Gasteiger partial charge on any atom is -0.450 e. The molecule has 3 N–H and O–H groups in total. The fourth-order valence-corrected chi connectivity index (χ4v) is 1.17. The van der Waals surface area contributed by atoms with Gasteiger partial charge < -0.3 is 10.2 Å². The summed E-state index contributed by atoms with van der Waals surface area (Å²) in [6.07, 6.45) is -0.880. The van der Waals surface area contributed by atoms with Gasteiger partial charge in [-0.25, -0.2) is 10.2 Å². The molecule has 7 nitrogen and oxygen atoms in total. The lowest BCUT2D eigenvalue weighted by atomic mass is 10.3.